The molecule has 1 aromatic rings. The van der Waals surface area contributed by atoms with E-state index in [9.17, 15) is 4.79 Å². The van der Waals surface area contributed by atoms with Gasteiger partial charge in [-0.15, -0.1) is 0 Å². The Labute approximate surface area is 115 Å². The number of rotatable bonds is 3. The van der Waals surface area contributed by atoms with E-state index >= 15 is 0 Å². The molecule has 1 aromatic carbocycles. The van der Waals surface area contributed by atoms with Gasteiger partial charge in [0.2, 0.25) is 0 Å². The summed E-state index contributed by atoms with van der Waals surface area (Å²) in [7, 11) is 3.96. The summed E-state index contributed by atoms with van der Waals surface area (Å²) in [4.78, 5) is 14.3. The highest BCUT2D eigenvalue weighted by Gasteiger charge is 2.23. The van der Waals surface area contributed by atoms with Crippen LogP contribution in [0, 0.1) is 5.92 Å². The number of nitrogens with zero attached hydrogens (tertiary/aromatic N) is 1. The van der Waals surface area contributed by atoms with Gasteiger partial charge < -0.3 is 15.5 Å². The number of amides is 1. The Bertz CT molecular complexity index is 445. The fourth-order valence-corrected chi connectivity index (χ4v) is 2.41. The van der Waals surface area contributed by atoms with Gasteiger partial charge in [-0.25, -0.2) is 0 Å². The monoisotopic (exact) mass is 261 g/mol. The first-order valence-corrected chi connectivity index (χ1v) is 6.87. The molecule has 104 valence electrons. The van der Waals surface area contributed by atoms with Gasteiger partial charge in [0.15, 0.2) is 0 Å². The van der Waals surface area contributed by atoms with Crippen LogP contribution in [-0.4, -0.2) is 39.1 Å². The lowest BCUT2D eigenvalue weighted by Gasteiger charge is -2.30. The zero-order chi connectivity index (χ0) is 13.8. The second-order valence-electron chi connectivity index (χ2n) is 5.49. The van der Waals surface area contributed by atoms with Crippen LogP contribution in [0.15, 0.2) is 24.3 Å². The first-order chi connectivity index (χ1) is 9.08. The third-order valence-corrected chi connectivity index (χ3v) is 3.73. The Kier molecular flexibility index (Phi) is 4.43. The van der Waals surface area contributed by atoms with E-state index in [0.29, 0.717) is 5.92 Å². The van der Waals surface area contributed by atoms with Crippen LogP contribution in [0.25, 0.3) is 0 Å². The van der Waals surface area contributed by atoms with Crippen LogP contribution in [0.3, 0.4) is 0 Å². The van der Waals surface area contributed by atoms with E-state index in [4.69, 9.17) is 0 Å². The number of carbonyl (C=O) groups is 1. The third-order valence-electron chi connectivity index (χ3n) is 3.73. The average Bonchev–Trinajstić information content (AvgIpc) is 2.41. The van der Waals surface area contributed by atoms with Crippen molar-refractivity contribution >= 4 is 11.6 Å². The SMILES string of the molecule is CC1CNCCC1NC(=O)c1cccc(N(C)C)c1. The molecule has 2 atom stereocenters. The van der Waals surface area contributed by atoms with Gasteiger partial charge in [0.25, 0.3) is 5.91 Å². The molecular formula is C15H23N3O. The Balaban J connectivity index is 2.05. The molecule has 2 unspecified atom stereocenters. The van der Waals surface area contributed by atoms with Crippen LogP contribution in [-0.2, 0) is 0 Å². The van der Waals surface area contributed by atoms with Crippen molar-refractivity contribution in [3.63, 3.8) is 0 Å². The van der Waals surface area contributed by atoms with E-state index in [1.54, 1.807) is 0 Å². The highest BCUT2D eigenvalue weighted by atomic mass is 16.1. The van der Waals surface area contributed by atoms with Crippen LogP contribution in [0.1, 0.15) is 23.7 Å². The number of anilines is 1. The van der Waals surface area contributed by atoms with Crippen molar-refractivity contribution in [1.82, 2.24) is 10.6 Å². The first-order valence-electron chi connectivity index (χ1n) is 6.87. The standard InChI is InChI=1S/C15H23N3O/c1-11-10-16-8-7-14(11)17-15(19)12-5-4-6-13(9-12)18(2)3/h4-6,9,11,14,16H,7-8,10H2,1-3H3,(H,17,19). The van der Waals surface area contributed by atoms with Crippen molar-refractivity contribution in [1.29, 1.82) is 0 Å². The summed E-state index contributed by atoms with van der Waals surface area (Å²) in [5.74, 6) is 0.511. The molecule has 1 aliphatic rings. The Morgan fingerprint density at radius 3 is 2.89 bits per heavy atom. The zero-order valence-electron chi connectivity index (χ0n) is 11.9. The smallest absolute Gasteiger partial charge is 0.251 e. The maximum absolute atomic E-state index is 12.3. The summed E-state index contributed by atoms with van der Waals surface area (Å²) in [6, 6.07) is 8.01. The third kappa shape index (κ3) is 3.47. The lowest BCUT2D eigenvalue weighted by Crippen LogP contribution is -2.48. The highest BCUT2D eigenvalue weighted by Crippen LogP contribution is 2.15. The number of hydrogen-bond donors (Lipinski definition) is 2. The van der Waals surface area contributed by atoms with E-state index < -0.39 is 0 Å². The molecule has 1 amide bonds. The molecule has 19 heavy (non-hydrogen) atoms. The molecule has 1 heterocycles. The molecule has 4 nitrogen and oxygen atoms in total. The van der Waals surface area contributed by atoms with Crippen LogP contribution in [0.4, 0.5) is 5.69 Å². The van der Waals surface area contributed by atoms with E-state index in [-0.39, 0.29) is 11.9 Å². The Morgan fingerprint density at radius 1 is 1.42 bits per heavy atom. The fourth-order valence-electron chi connectivity index (χ4n) is 2.41. The van der Waals surface area contributed by atoms with Gasteiger partial charge in [-0.1, -0.05) is 13.0 Å². The molecule has 0 bridgehead atoms. The van der Waals surface area contributed by atoms with Crippen molar-refractivity contribution < 1.29 is 4.79 Å². The predicted octanol–water partition coefficient (Wildman–Crippen LogP) is 1.48. The van der Waals surface area contributed by atoms with Crippen LogP contribution in [0.5, 0.6) is 0 Å². The maximum Gasteiger partial charge on any atom is 0.251 e. The largest absolute Gasteiger partial charge is 0.378 e. The fraction of sp³-hybridized carbons (Fsp3) is 0.533. The zero-order valence-corrected chi connectivity index (χ0v) is 11.9. The number of benzene rings is 1. The van der Waals surface area contributed by atoms with Gasteiger partial charge in [0.1, 0.15) is 0 Å². The molecule has 4 heteroatoms. The molecule has 2 rings (SSSR count). The summed E-state index contributed by atoms with van der Waals surface area (Å²) >= 11 is 0. The number of piperidine rings is 1. The molecule has 0 saturated carbocycles. The molecule has 0 radical (unpaired) electrons. The summed E-state index contributed by atoms with van der Waals surface area (Å²) in [6.07, 6.45) is 1.00. The number of carbonyl (C=O) groups excluding carboxylic acids is 1. The first kappa shape index (κ1) is 13.9. The minimum atomic E-state index is 0.0300. The van der Waals surface area contributed by atoms with Crippen molar-refractivity contribution in [3.05, 3.63) is 29.8 Å². The van der Waals surface area contributed by atoms with Crippen molar-refractivity contribution in [2.75, 3.05) is 32.1 Å². The van der Waals surface area contributed by atoms with E-state index in [1.165, 1.54) is 0 Å². The van der Waals surface area contributed by atoms with Gasteiger partial charge >= 0.3 is 0 Å². The molecule has 1 aliphatic heterocycles. The van der Waals surface area contributed by atoms with Gasteiger partial charge in [0, 0.05) is 31.4 Å². The second-order valence-corrected chi connectivity index (χ2v) is 5.49. The van der Waals surface area contributed by atoms with Gasteiger partial charge in [-0.3, -0.25) is 4.79 Å². The minimum absolute atomic E-state index is 0.0300. The maximum atomic E-state index is 12.3. The van der Waals surface area contributed by atoms with Gasteiger partial charge in [-0.2, -0.15) is 0 Å². The van der Waals surface area contributed by atoms with Crippen molar-refractivity contribution in [3.8, 4) is 0 Å². The Morgan fingerprint density at radius 2 is 2.21 bits per heavy atom. The summed E-state index contributed by atoms with van der Waals surface area (Å²) in [5.41, 5.74) is 1.78. The Hall–Kier alpha value is -1.55. The molecule has 1 saturated heterocycles. The molecule has 0 aliphatic carbocycles. The highest BCUT2D eigenvalue weighted by molar-refractivity contribution is 5.95. The van der Waals surface area contributed by atoms with Gasteiger partial charge in [-0.05, 0) is 43.6 Å². The molecule has 0 spiro atoms. The normalized spacial score (nSPS) is 22.9. The van der Waals surface area contributed by atoms with E-state index in [0.717, 1.165) is 30.8 Å². The van der Waals surface area contributed by atoms with E-state index in [2.05, 4.69) is 17.6 Å². The van der Waals surface area contributed by atoms with Crippen LogP contribution >= 0.6 is 0 Å². The van der Waals surface area contributed by atoms with Crippen molar-refractivity contribution in [2.24, 2.45) is 5.92 Å². The molecule has 1 fully saturated rings. The molecular weight excluding hydrogens is 238 g/mol. The quantitative estimate of drug-likeness (QED) is 0.866. The van der Waals surface area contributed by atoms with E-state index in [1.807, 2.05) is 43.3 Å². The van der Waals surface area contributed by atoms with Crippen LogP contribution < -0.4 is 15.5 Å². The average molecular weight is 261 g/mol. The van der Waals surface area contributed by atoms with Crippen molar-refractivity contribution in [2.45, 2.75) is 19.4 Å². The van der Waals surface area contributed by atoms with Gasteiger partial charge in [0.05, 0.1) is 0 Å². The lowest BCUT2D eigenvalue weighted by molar-refractivity contribution is 0.0914. The number of hydrogen-bond acceptors (Lipinski definition) is 3. The minimum Gasteiger partial charge on any atom is -0.378 e. The predicted molar refractivity (Wildman–Crippen MR) is 78.7 cm³/mol. The number of nitrogens with one attached hydrogen (secondary N) is 2. The summed E-state index contributed by atoms with van der Waals surface area (Å²) < 4.78 is 0. The molecule has 0 aromatic heterocycles. The topological polar surface area (TPSA) is 44.4 Å². The molecule has 2 N–H and O–H groups in total. The summed E-state index contributed by atoms with van der Waals surface area (Å²) in [5, 5.41) is 6.50. The summed E-state index contributed by atoms with van der Waals surface area (Å²) in [6.45, 7) is 4.13. The second kappa shape index (κ2) is 6.06. The lowest BCUT2D eigenvalue weighted by atomic mass is 9.95. The van der Waals surface area contributed by atoms with Crippen LogP contribution in [0.2, 0.25) is 0 Å².